The first-order valence-corrected chi connectivity index (χ1v) is 26.9. The molecule has 3 aromatic heterocycles. The monoisotopic (exact) mass is 924 g/mol. The quantitative estimate of drug-likeness (QED) is 0.0526. The predicted molar refractivity (Wildman–Crippen MR) is 258 cm³/mol. The second-order valence-corrected chi connectivity index (χ2v) is 25.5. The molecule has 2 atom stereocenters. The minimum Gasteiger partial charge on any atom is -0.443 e. The Bertz CT molecular complexity index is 2770. The van der Waals surface area contributed by atoms with Gasteiger partial charge in [-0.25, -0.2) is 14.3 Å². The van der Waals surface area contributed by atoms with E-state index in [0.717, 1.165) is 70.1 Å². The van der Waals surface area contributed by atoms with Crippen LogP contribution < -0.4 is 5.32 Å². The van der Waals surface area contributed by atoms with E-state index in [0.29, 0.717) is 42.0 Å². The van der Waals surface area contributed by atoms with Gasteiger partial charge >= 0.3 is 6.09 Å². The van der Waals surface area contributed by atoms with Crippen LogP contribution in [0.1, 0.15) is 103 Å². The van der Waals surface area contributed by atoms with Gasteiger partial charge in [-0.15, -0.1) is 0 Å². The van der Waals surface area contributed by atoms with Gasteiger partial charge in [0.05, 0.1) is 17.8 Å². The Morgan fingerprint density at radius 1 is 0.970 bits per heavy atom. The van der Waals surface area contributed by atoms with Crippen molar-refractivity contribution in [3.05, 3.63) is 101 Å². The molecule has 0 bridgehead atoms. The zero-order valence-corrected chi connectivity index (χ0v) is 40.6. The topological polar surface area (TPSA) is 161 Å². The summed E-state index contributed by atoms with van der Waals surface area (Å²) < 4.78 is 15.1. The van der Waals surface area contributed by atoms with Crippen LogP contribution in [0.3, 0.4) is 0 Å². The summed E-state index contributed by atoms with van der Waals surface area (Å²) in [5.41, 5.74) is 5.14. The normalized spacial score (nSPS) is 17.8. The molecule has 1 N–H and O–H groups in total. The van der Waals surface area contributed by atoms with Gasteiger partial charge in [0.1, 0.15) is 24.2 Å². The van der Waals surface area contributed by atoms with Crippen molar-refractivity contribution in [3.63, 3.8) is 0 Å². The molecule has 3 aliphatic heterocycles. The average Bonchev–Trinajstić information content (AvgIpc) is 4.08. The average molecular weight is 925 g/mol. The number of likely N-dealkylation sites (tertiary alicyclic amines) is 2. The Morgan fingerprint density at radius 3 is 2.49 bits per heavy atom. The van der Waals surface area contributed by atoms with Crippen LogP contribution in [-0.4, -0.2) is 110 Å². The number of carbonyl (C=O) groups excluding carboxylic acids is 5. The Hall–Kier alpha value is -6.41. The third-order valence-corrected chi connectivity index (χ3v) is 14.2. The molecule has 4 amide bonds. The fourth-order valence-electron chi connectivity index (χ4n) is 8.86. The maximum absolute atomic E-state index is 13.6. The highest BCUT2D eigenvalue weighted by Gasteiger charge is 2.43. The zero-order chi connectivity index (χ0) is 47.6. The van der Waals surface area contributed by atoms with Crippen LogP contribution >= 0.6 is 0 Å². The Labute approximate surface area is 392 Å². The lowest BCUT2D eigenvalue weighted by Crippen LogP contribution is -2.55. The number of nitrogens with zero attached hydrogens (tertiary/aromatic N) is 7. The van der Waals surface area contributed by atoms with E-state index in [2.05, 4.69) is 58.8 Å². The van der Waals surface area contributed by atoms with Crippen molar-refractivity contribution in [1.82, 2.24) is 34.0 Å². The number of nitrogens with one attached hydrogen (secondary N) is 1. The number of carbonyl (C=O) groups is 5. The molecule has 0 spiro atoms. The Morgan fingerprint density at radius 2 is 1.76 bits per heavy atom. The second kappa shape index (κ2) is 19.4. The first-order chi connectivity index (χ1) is 31.9. The lowest BCUT2D eigenvalue weighted by molar-refractivity contribution is -0.158. The lowest BCUT2D eigenvalue weighted by Gasteiger charge is -2.35. The van der Waals surface area contributed by atoms with Crippen molar-refractivity contribution in [2.45, 2.75) is 116 Å². The SMILES string of the molecule is CN1CCC[C@@H]1c1cc2cnc(NC(=O)c3ccc(-c4cnn(CCCC#Cc5cccc6c5CN(C5CCC(=O)N(COCC[Si](C)(C)C)C5=O)C6=O)c4)cc3)cc2n1C(=O)OC(C)(C)C. The third kappa shape index (κ3) is 10.7. The van der Waals surface area contributed by atoms with E-state index >= 15 is 0 Å². The number of amides is 4. The molecular formula is C51H60N8O7Si. The first-order valence-electron chi connectivity index (χ1n) is 23.2. The molecule has 1 unspecified atom stereocenters. The molecule has 67 heavy (non-hydrogen) atoms. The summed E-state index contributed by atoms with van der Waals surface area (Å²) in [5.74, 6) is 5.63. The van der Waals surface area contributed by atoms with E-state index in [1.807, 2.05) is 62.0 Å². The van der Waals surface area contributed by atoms with Gasteiger partial charge in [-0.2, -0.15) is 5.10 Å². The minimum atomic E-state index is -1.33. The number of aromatic nitrogens is 4. The van der Waals surface area contributed by atoms with Gasteiger partial charge < -0.3 is 19.7 Å². The highest BCUT2D eigenvalue weighted by molar-refractivity contribution is 6.76. The number of hydrogen-bond donors (Lipinski definition) is 1. The molecular weight excluding hydrogens is 865 g/mol. The number of fused-ring (bicyclic) bond motifs is 2. The van der Waals surface area contributed by atoms with Crippen LogP contribution in [0.4, 0.5) is 10.6 Å². The molecule has 0 aliphatic carbocycles. The third-order valence-electron chi connectivity index (χ3n) is 12.5. The number of hydrogen-bond acceptors (Lipinski definition) is 10. The van der Waals surface area contributed by atoms with Crippen molar-refractivity contribution in [1.29, 1.82) is 0 Å². The summed E-state index contributed by atoms with van der Waals surface area (Å²) in [6.07, 6.45) is 8.74. The Kier molecular flexibility index (Phi) is 13.7. The fourth-order valence-corrected chi connectivity index (χ4v) is 9.62. The summed E-state index contributed by atoms with van der Waals surface area (Å²) in [7, 11) is 0.727. The molecule has 3 aliphatic rings. The highest BCUT2D eigenvalue weighted by atomic mass is 28.3. The number of aryl methyl sites for hydroxylation is 1. The molecule has 16 heteroatoms. The summed E-state index contributed by atoms with van der Waals surface area (Å²) in [5, 5.41) is 8.25. The second-order valence-electron chi connectivity index (χ2n) is 19.9. The molecule has 2 fully saturated rings. The largest absolute Gasteiger partial charge is 0.443 e. The van der Waals surface area contributed by atoms with E-state index in [4.69, 9.17) is 9.47 Å². The molecule has 8 rings (SSSR count). The van der Waals surface area contributed by atoms with E-state index in [1.165, 1.54) is 0 Å². The summed E-state index contributed by atoms with van der Waals surface area (Å²) in [6.45, 7) is 14.5. The number of anilines is 1. The van der Waals surface area contributed by atoms with Gasteiger partial charge in [-0.3, -0.25) is 33.7 Å². The van der Waals surface area contributed by atoms with Crippen molar-refractivity contribution >= 4 is 54.5 Å². The number of pyridine rings is 1. The van der Waals surface area contributed by atoms with Gasteiger partial charge in [-0.1, -0.05) is 49.7 Å². The predicted octanol–water partition coefficient (Wildman–Crippen LogP) is 8.32. The van der Waals surface area contributed by atoms with Crippen LogP contribution in [0.2, 0.25) is 25.7 Å². The van der Waals surface area contributed by atoms with Crippen molar-refractivity contribution in [2.24, 2.45) is 0 Å². The molecule has 15 nitrogen and oxygen atoms in total. The first kappa shape index (κ1) is 47.1. The van der Waals surface area contributed by atoms with Gasteiger partial charge in [-0.05, 0) is 108 Å². The number of benzene rings is 2. The summed E-state index contributed by atoms with van der Waals surface area (Å²) in [6, 6.07) is 16.7. The van der Waals surface area contributed by atoms with Crippen LogP contribution in [-0.2, 0) is 32.2 Å². The summed E-state index contributed by atoms with van der Waals surface area (Å²) >= 11 is 0. The van der Waals surface area contributed by atoms with Gasteiger partial charge in [0.2, 0.25) is 5.91 Å². The van der Waals surface area contributed by atoms with Crippen molar-refractivity contribution in [3.8, 4) is 23.0 Å². The number of imide groups is 1. The Balaban J connectivity index is 0.850. The number of ether oxygens (including phenoxy) is 2. The van der Waals surface area contributed by atoms with Crippen LogP contribution in [0, 0.1) is 11.8 Å². The van der Waals surface area contributed by atoms with E-state index < -0.39 is 25.8 Å². The maximum atomic E-state index is 13.6. The number of piperidine rings is 1. The summed E-state index contributed by atoms with van der Waals surface area (Å²) in [4.78, 5) is 76.3. The van der Waals surface area contributed by atoms with Gasteiger partial charge in [0.25, 0.3) is 17.7 Å². The van der Waals surface area contributed by atoms with Crippen LogP contribution in [0.5, 0.6) is 0 Å². The van der Waals surface area contributed by atoms with Crippen LogP contribution in [0.15, 0.2) is 73.2 Å². The molecule has 0 radical (unpaired) electrons. The lowest BCUT2D eigenvalue weighted by atomic mass is 10.0. The van der Waals surface area contributed by atoms with E-state index in [9.17, 15) is 24.0 Å². The van der Waals surface area contributed by atoms with Gasteiger partial charge in [0, 0.05) is 92.4 Å². The van der Waals surface area contributed by atoms with E-state index in [-0.39, 0.29) is 55.8 Å². The molecule has 5 aromatic rings. The number of rotatable bonds is 13. The van der Waals surface area contributed by atoms with Gasteiger partial charge in [0.15, 0.2) is 0 Å². The van der Waals surface area contributed by atoms with E-state index in [1.54, 1.807) is 46.1 Å². The molecule has 6 heterocycles. The zero-order valence-electron chi connectivity index (χ0n) is 39.6. The standard InChI is InChI=1S/C51H60N8O7Si/c1-51(2,3)66-50(64)59-43-28-45(52-29-37(43)27-44(59)41-16-12-23-55(41)4)54-47(61)36-19-17-34(18-20-36)38-30-53-56(31-38)24-10-8-9-13-35-14-11-15-39-40(35)32-57(48(39)62)42-21-22-46(60)58(49(42)63)33-65-25-26-67(5,6)7/h11,14-15,17-20,27-31,41-42H,8,10,12,16,21-26,32-33H2,1-7H3,(H,52,54,61)/t41-,42?/m1/s1. The molecule has 0 saturated carbocycles. The highest BCUT2D eigenvalue weighted by Crippen LogP contribution is 2.36. The minimum absolute atomic E-state index is 0.0642. The maximum Gasteiger partial charge on any atom is 0.419 e. The van der Waals surface area contributed by atoms with Crippen molar-refractivity contribution < 1.29 is 33.4 Å². The molecule has 2 saturated heterocycles. The molecule has 2 aromatic carbocycles. The van der Waals surface area contributed by atoms with Crippen molar-refractivity contribution in [2.75, 3.05) is 32.2 Å². The smallest absolute Gasteiger partial charge is 0.419 e. The fraction of sp³-hybridized carbons (Fsp3) is 0.431. The van der Waals surface area contributed by atoms with Crippen LogP contribution in [0.25, 0.3) is 22.0 Å². The molecule has 350 valence electrons. The number of unbranched alkanes of at least 4 members (excludes halogenated alkanes) is 1.